The van der Waals surface area contributed by atoms with Crippen LogP contribution in [0.15, 0.2) is 23.1 Å². The van der Waals surface area contributed by atoms with E-state index < -0.39 is 0 Å². The third kappa shape index (κ3) is 6.24. The summed E-state index contributed by atoms with van der Waals surface area (Å²) in [6.07, 6.45) is 9.61. The number of ether oxygens (including phenoxy) is 1. The van der Waals surface area contributed by atoms with Crippen molar-refractivity contribution in [2.75, 3.05) is 13.7 Å². The van der Waals surface area contributed by atoms with E-state index in [4.69, 9.17) is 4.74 Å². The topological polar surface area (TPSA) is 55.4 Å². The number of aryl methyl sites for hydroxylation is 1. The van der Waals surface area contributed by atoms with Gasteiger partial charge in [-0.25, -0.2) is 0 Å². The van der Waals surface area contributed by atoms with Crippen LogP contribution in [0, 0.1) is 12.8 Å². The van der Waals surface area contributed by atoms with Crippen LogP contribution in [-0.2, 0) is 9.59 Å². The summed E-state index contributed by atoms with van der Waals surface area (Å²) >= 11 is 0.881. The largest absolute Gasteiger partial charge is 0.493 e. The monoisotopic (exact) mass is 361 g/mol. The Morgan fingerprint density at radius 3 is 2.72 bits per heavy atom. The molecule has 1 aromatic rings. The minimum Gasteiger partial charge on any atom is -0.493 e. The van der Waals surface area contributed by atoms with E-state index in [0.29, 0.717) is 10.5 Å². The Labute approximate surface area is 154 Å². The Hall–Kier alpha value is -1.75. The fraction of sp³-hybridized carbons (Fsp3) is 0.500. The molecule has 0 heterocycles. The van der Waals surface area contributed by atoms with E-state index in [1.165, 1.54) is 32.1 Å². The SMILES string of the molecule is CNC(=O)/C(=C/c1ccc(OCCC2CCCCC2)c(C)c1)SC=O. The minimum absolute atomic E-state index is 0.262. The molecule has 1 saturated carbocycles. The molecule has 0 aliphatic heterocycles. The number of benzene rings is 1. The number of likely N-dealkylation sites (N-methyl/N-ethyl adjacent to an activating group) is 1. The highest BCUT2D eigenvalue weighted by Gasteiger charge is 2.13. The molecule has 0 aromatic heterocycles. The summed E-state index contributed by atoms with van der Waals surface area (Å²) in [6.45, 7) is 2.75. The van der Waals surface area contributed by atoms with Gasteiger partial charge in [0, 0.05) is 7.05 Å². The molecule has 4 nitrogen and oxygen atoms in total. The van der Waals surface area contributed by atoms with Gasteiger partial charge in [0.1, 0.15) is 5.75 Å². The Morgan fingerprint density at radius 2 is 2.08 bits per heavy atom. The van der Waals surface area contributed by atoms with Crippen molar-refractivity contribution in [3.63, 3.8) is 0 Å². The number of amides is 1. The maximum absolute atomic E-state index is 11.8. The highest BCUT2D eigenvalue weighted by atomic mass is 32.2. The molecule has 2 rings (SSSR count). The molecule has 0 atom stereocenters. The van der Waals surface area contributed by atoms with Crippen molar-refractivity contribution in [2.45, 2.75) is 45.4 Å². The Morgan fingerprint density at radius 1 is 1.32 bits per heavy atom. The molecule has 1 aliphatic carbocycles. The molecule has 25 heavy (non-hydrogen) atoms. The summed E-state index contributed by atoms with van der Waals surface area (Å²) in [6, 6.07) is 5.83. The highest BCUT2D eigenvalue weighted by Crippen LogP contribution is 2.27. The number of hydrogen-bond donors (Lipinski definition) is 1. The lowest BCUT2D eigenvalue weighted by Crippen LogP contribution is -2.18. The summed E-state index contributed by atoms with van der Waals surface area (Å²) < 4.78 is 5.95. The van der Waals surface area contributed by atoms with E-state index >= 15 is 0 Å². The van der Waals surface area contributed by atoms with Crippen LogP contribution in [0.25, 0.3) is 6.08 Å². The lowest BCUT2D eigenvalue weighted by Gasteiger charge is -2.21. The second-order valence-electron chi connectivity index (χ2n) is 6.47. The van der Waals surface area contributed by atoms with Crippen LogP contribution >= 0.6 is 11.8 Å². The molecule has 136 valence electrons. The molecule has 5 heteroatoms. The fourth-order valence-corrected chi connectivity index (χ4v) is 3.73. The van der Waals surface area contributed by atoms with Gasteiger partial charge in [-0.3, -0.25) is 9.59 Å². The van der Waals surface area contributed by atoms with Gasteiger partial charge in [0.2, 0.25) is 0 Å². The Bertz CT molecular complexity index is 621. The lowest BCUT2D eigenvalue weighted by molar-refractivity contribution is -0.116. The zero-order valence-electron chi connectivity index (χ0n) is 15.0. The van der Waals surface area contributed by atoms with Crippen molar-refractivity contribution < 1.29 is 14.3 Å². The van der Waals surface area contributed by atoms with Crippen LogP contribution in [0.4, 0.5) is 0 Å². The zero-order chi connectivity index (χ0) is 18.1. The minimum atomic E-state index is -0.262. The van der Waals surface area contributed by atoms with E-state index in [2.05, 4.69) is 5.32 Å². The van der Waals surface area contributed by atoms with Gasteiger partial charge in [-0.05, 0) is 60.4 Å². The van der Waals surface area contributed by atoms with E-state index in [9.17, 15) is 9.59 Å². The Kier molecular flexibility index (Phi) is 8.06. The van der Waals surface area contributed by atoms with Crippen LogP contribution in [0.5, 0.6) is 5.75 Å². The van der Waals surface area contributed by atoms with Crippen LogP contribution in [0.2, 0.25) is 0 Å². The average molecular weight is 362 g/mol. The standard InChI is InChI=1S/C20H27NO3S/c1-15-12-17(13-19(25-14-22)20(23)21-2)8-9-18(15)24-11-10-16-6-4-3-5-7-16/h8-9,12-14,16H,3-7,10-11H2,1-2H3,(H,21,23)/b19-13-. The molecule has 0 bridgehead atoms. The maximum atomic E-state index is 11.8. The smallest absolute Gasteiger partial charge is 0.257 e. The molecule has 1 aromatic carbocycles. The number of thioether (sulfide) groups is 1. The van der Waals surface area contributed by atoms with Gasteiger partial charge in [-0.1, -0.05) is 38.2 Å². The average Bonchev–Trinajstić information content (AvgIpc) is 2.63. The normalized spacial score (nSPS) is 15.7. The number of nitrogens with one attached hydrogen (secondary N) is 1. The fourth-order valence-electron chi connectivity index (χ4n) is 3.22. The Balaban J connectivity index is 1.96. The van der Waals surface area contributed by atoms with Crippen molar-refractivity contribution >= 4 is 29.4 Å². The number of rotatable bonds is 8. The molecular weight excluding hydrogens is 334 g/mol. The number of carbonyl (C=O) groups is 2. The van der Waals surface area contributed by atoms with E-state index in [0.717, 1.165) is 47.6 Å². The van der Waals surface area contributed by atoms with Gasteiger partial charge >= 0.3 is 0 Å². The van der Waals surface area contributed by atoms with Crippen molar-refractivity contribution in [1.82, 2.24) is 5.32 Å². The first-order valence-corrected chi connectivity index (χ1v) is 9.79. The highest BCUT2D eigenvalue weighted by molar-refractivity contribution is 8.16. The van der Waals surface area contributed by atoms with E-state index in [-0.39, 0.29) is 5.91 Å². The van der Waals surface area contributed by atoms with Crippen LogP contribution in [0.3, 0.4) is 0 Å². The quantitative estimate of drug-likeness (QED) is 0.552. The van der Waals surface area contributed by atoms with Gasteiger partial charge in [0.25, 0.3) is 5.91 Å². The van der Waals surface area contributed by atoms with Gasteiger partial charge in [-0.2, -0.15) is 0 Å². The summed E-state index contributed by atoms with van der Waals surface area (Å²) in [5.41, 5.74) is 2.58. The molecule has 0 spiro atoms. The molecule has 1 amide bonds. The summed E-state index contributed by atoms with van der Waals surface area (Å²) in [7, 11) is 1.55. The van der Waals surface area contributed by atoms with Crippen molar-refractivity contribution in [3.05, 3.63) is 34.2 Å². The molecule has 0 radical (unpaired) electrons. The maximum Gasteiger partial charge on any atom is 0.257 e. The second kappa shape index (κ2) is 10.3. The van der Waals surface area contributed by atoms with Crippen molar-refractivity contribution in [1.29, 1.82) is 0 Å². The second-order valence-corrected chi connectivity index (χ2v) is 7.34. The van der Waals surface area contributed by atoms with Crippen molar-refractivity contribution in [2.24, 2.45) is 5.92 Å². The third-order valence-electron chi connectivity index (χ3n) is 4.63. The predicted molar refractivity (Wildman–Crippen MR) is 104 cm³/mol. The van der Waals surface area contributed by atoms with Gasteiger partial charge < -0.3 is 10.1 Å². The summed E-state index contributed by atoms with van der Waals surface area (Å²) in [5, 5.41) is 2.54. The summed E-state index contributed by atoms with van der Waals surface area (Å²) in [4.78, 5) is 22.9. The molecule has 1 N–H and O–H groups in total. The zero-order valence-corrected chi connectivity index (χ0v) is 15.9. The van der Waals surface area contributed by atoms with Gasteiger partial charge in [0.05, 0.1) is 11.5 Å². The lowest BCUT2D eigenvalue weighted by atomic mass is 9.87. The first kappa shape index (κ1) is 19.6. The summed E-state index contributed by atoms with van der Waals surface area (Å²) in [5.74, 6) is 1.44. The number of carbonyl (C=O) groups excluding carboxylic acids is 2. The van der Waals surface area contributed by atoms with Crippen LogP contribution in [0.1, 0.15) is 49.7 Å². The molecule has 0 saturated heterocycles. The molecule has 0 unspecified atom stereocenters. The van der Waals surface area contributed by atoms with Crippen LogP contribution < -0.4 is 10.1 Å². The van der Waals surface area contributed by atoms with E-state index in [1.54, 1.807) is 13.1 Å². The van der Waals surface area contributed by atoms with E-state index in [1.807, 2.05) is 25.1 Å². The molecule has 1 fully saturated rings. The third-order valence-corrected chi connectivity index (χ3v) is 5.28. The first-order chi connectivity index (χ1) is 12.1. The first-order valence-electron chi connectivity index (χ1n) is 8.91. The van der Waals surface area contributed by atoms with Crippen LogP contribution in [-0.4, -0.2) is 25.2 Å². The van der Waals surface area contributed by atoms with Gasteiger partial charge in [0.15, 0.2) is 5.62 Å². The van der Waals surface area contributed by atoms with Crippen molar-refractivity contribution in [3.8, 4) is 5.75 Å². The predicted octanol–water partition coefficient (Wildman–Crippen LogP) is 4.35. The number of hydrogen-bond acceptors (Lipinski definition) is 4. The van der Waals surface area contributed by atoms with Gasteiger partial charge in [-0.15, -0.1) is 0 Å². The molecule has 1 aliphatic rings. The molecular formula is C20H27NO3S.